The van der Waals surface area contributed by atoms with Crippen LogP contribution in [0.5, 0.6) is 0 Å². The predicted octanol–water partition coefficient (Wildman–Crippen LogP) is 1.74. The first kappa shape index (κ1) is 13.7. The number of hydrogen-bond acceptors (Lipinski definition) is 3. The average molecular weight is 258 g/mol. The highest BCUT2D eigenvalue weighted by atomic mass is 15.4. The van der Waals surface area contributed by atoms with Crippen molar-refractivity contribution in [2.24, 2.45) is 13.0 Å². The molecule has 4 nitrogen and oxygen atoms in total. The predicted molar refractivity (Wildman–Crippen MR) is 77.0 cm³/mol. The first-order valence-corrected chi connectivity index (χ1v) is 6.73. The van der Waals surface area contributed by atoms with E-state index in [4.69, 9.17) is 0 Å². The molecular weight excluding hydrogens is 236 g/mol. The minimum Gasteiger partial charge on any atom is -0.319 e. The molecule has 19 heavy (non-hydrogen) atoms. The van der Waals surface area contributed by atoms with Crippen molar-refractivity contribution in [2.45, 2.75) is 19.8 Å². The van der Waals surface area contributed by atoms with Gasteiger partial charge in [-0.3, -0.25) is 4.68 Å². The Labute approximate surface area is 114 Å². The van der Waals surface area contributed by atoms with Crippen molar-refractivity contribution in [2.75, 3.05) is 13.6 Å². The van der Waals surface area contributed by atoms with Crippen LogP contribution < -0.4 is 5.32 Å². The van der Waals surface area contributed by atoms with Crippen molar-refractivity contribution >= 4 is 0 Å². The van der Waals surface area contributed by atoms with Crippen LogP contribution in [0.2, 0.25) is 0 Å². The summed E-state index contributed by atoms with van der Waals surface area (Å²) in [5, 5.41) is 11.5. The van der Waals surface area contributed by atoms with Crippen LogP contribution in [0.15, 0.2) is 30.5 Å². The first-order valence-electron chi connectivity index (χ1n) is 6.73. The van der Waals surface area contributed by atoms with E-state index in [1.54, 1.807) is 4.68 Å². The van der Waals surface area contributed by atoms with Crippen LogP contribution in [0.3, 0.4) is 0 Å². The van der Waals surface area contributed by atoms with Gasteiger partial charge in [-0.15, -0.1) is 5.10 Å². The summed E-state index contributed by atoms with van der Waals surface area (Å²) in [4.78, 5) is 0. The van der Waals surface area contributed by atoms with E-state index in [1.165, 1.54) is 11.1 Å². The minimum absolute atomic E-state index is 0.544. The maximum absolute atomic E-state index is 4.19. The highest BCUT2D eigenvalue weighted by Crippen LogP contribution is 2.16. The van der Waals surface area contributed by atoms with Crippen molar-refractivity contribution in [3.05, 3.63) is 47.3 Å². The molecule has 2 aromatic rings. The molecule has 0 aliphatic rings. The summed E-state index contributed by atoms with van der Waals surface area (Å²) in [5.41, 5.74) is 3.85. The van der Waals surface area contributed by atoms with Crippen molar-refractivity contribution in [1.29, 1.82) is 0 Å². The summed E-state index contributed by atoms with van der Waals surface area (Å²) in [6.45, 7) is 3.17. The standard InChI is InChI=1S/C15H22N4/c1-12-6-4-5-7-14(12)8-13(10-16-2)9-15-11-19(3)18-17-15/h4-7,11,13,16H,8-10H2,1-3H3. The van der Waals surface area contributed by atoms with Crippen LogP contribution in [0.25, 0.3) is 0 Å². The number of aromatic nitrogens is 3. The number of hydrogen-bond donors (Lipinski definition) is 1. The smallest absolute Gasteiger partial charge is 0.0830 e. The molecule has 1 unspecified atom stereocenters. The molecule has 1 heterocycles. The normalized spacial score (nSPS) is 12.6. The topological polar surface area (TPSA) is 42.7 Å². The van der Waals surface area contributed by atoms with E-state index in [-0.39, 0.29) is 0 Å². The van der Waals surface area contributed by atoms with Crippen molar-refractivity contribution in [1.82, 2.24) is 20.3 Å². The number of nitrogens with one attached hydrogen (secondary N) is 1. The van der Waals surface area contributed by atoms with Gasteiger partial charge in [0.05, 0.1) is 5.69 Å². The highest BCUT2D eigenvalue weighted by molar-refractivity contribution is 5.26. The van der Waals surface area contributed by atoms with Crippen molar-refractivity contribution in [3.8, 4) is 0 Å². The molecule has 0 bridgehead atoms. The van der Waals surface area contributed by atoms with Gasteiger partial charge in [0.2, 0.25) is 0 Å². The van der Waals surface area contributed by atoms with Gasteiger partial charge in [0.25, 0.3) is 0 Å². The molecule has 102 valence electrons. The maximum atomic E-state index is 4.19. The molecule has 0 spiro atoms. The Bertz CT molecular complexity index is 518. The molecule has 1 aromatic carbocycles. The fraction of sp³-hybridized carbons (Fsp3) is 0.467. The van der Waals surface area contributed by atoms with Gasteiger partial charge in [-0.25, -0.2) is 0 Å². The molecule has 2 rings (SSSR count). The molecular formula is C15H22N4. The number of benzene rings is 1. The Morgan fingerprint density at radius 1 is 1.26 bits per heavy atom. The number of aryl methyl sites for hydroxylation is 2. The summed E-state index contributed by atoms with van der Waals surface area (Å²) in [6.07, 6.45) is 4.04. The fourth-order valence-corrected chi connectivity index (χ4v) is 2.44. The summed E-state index contributed by atoms with van der Waals surface area (Å²) < 4.78 is 1.76. The lowest BCUT2D eigenvalue weighted by Crippen LogP contribution is -2.23. The third-order valence-electron chi connectivity index (χ3n) is 3.41. The van der Waals surface area contributed by atoms with E-state index in [9.17, 15) is 0 Å². The summed E-state index contributed by atoms with van der Waals surface area (Å²) >= 11 is 0. The largest absolute Gasteiger partial charge is 0.319 e. The molecule has 1 atom stereocenters. The zero-order valence-electron chi connectivity index (χ0n) is 11.9. The van der Waals surface area contributed by atoms with Crippen LogP contribution in [0.1, 0.15) is 16.8 Å². The van der Waals surface area contributed by atoms with E-state index in [1.807, 2.05) is 20.3 Å². The van der Waals surface area contributed by atoms with Gasteiger partial charge in [0.15, 0.2) is 0 Å². The molecule has 0 aliphatic heterocycles. The first-order chi connectivity index (χ1) is 9.19. The lowest BCUT2D eigenvalue weighted by molar-refractivity contribution is 0.487. The quantitative estimate of drug-likeness (QED) is 0.858. The van der Waals surface area contributed by atoms with Gasteiger partial charge in [-0.2, -0.15) is 0 Å². The fourth-order valence-electron chi connectivity index (χ4n) is 2.44. The highest BCUT2D eigenvalue weighted by Gasteiger charge is 2.13. The van der Waals surface area contributed by atoms with Crippen LogP contribution in [-0.4, -0.2) is 28.6 Å². The molecule has 1 aromatic heterocycles. The van der Waals surface area contributed by atoms with Gasteiger partial charge in [-0.05, 0) is 50.4 Å². The second-order valence-electron chi connectivity index (χ2n) is 5.14. The van der Waals surface area contributed by atoms with Crippen LogP contribution in [-0.2, 0) is 19.9 Å². The second kappa shape index (κ2) is 6.48. The van der Waals surface area contributed by atoms with E-state index in [2.05, 4.69) is 46.8 Å². The molecule has 4 heteroatoms. The van der Waals surface area contributed by atoms with Gasteiger partial charge < -0.3 is 5.32 Å². The average Bonchev–Trinajstić information content (AvgIpc) is 2.78. The van der Waals surface area contributed by atoms with Gasteiger partial charge in [-0.1, -0.05) is 29.5 Å². The van der Waals surface area contributed by atoms with Gasteiger partial charge in [0.1, 0.15) is 0 Å². The second-order valence-corrected chi connectivity index (χ2v) is 5.14. The Hall–Kier alpha value is -1.68. The van der Waals surface area contributed by atoms with E-state index in [0.29, 0.717) is 5.92 Å². The van der Waals surface area contributed by atoms with Crippen LogP contribution in [0.4, 0.5) is 0 Å². The number of rotatable bonds is 6. The van der Waals surface area contributed by atoms with Gasteiger partial charge >= 0.3 is 0 Å². The molecule has 0 radical (unpaired) electrons. The zero-order valence-corrected chi connectivity index (χ0v) is 11.9. The van der Waals surface area contributed by atoms with Crippen LogP contribution in [0, 0.1) is 12.8 Å². The monoisotopic (exact) mass is 258 g/mol. The van der Waals surface area contributed by atoms with Crippen molar-refractivity contribution in [3.63, 3.8) is 0 Å². The van der Waals surface area contributed by atoms with E-state index >= 15 is 0 Å². The lowest BCUT2D eigenvalue weighted by Gasteiger charge is -2.16. The summed E-state index contributed by atoms with van der Waals surface area (Å²) in [7, 11) is 3.91. The summed E-state index contributed by atoms with van der Waals surface area (Å²) in [6, 6.07) is 8.60. The van der Waals surface area contributed by atoms with Crippen molar-refractivity contribution < 1.29 is 0 Å². The molecule has 0 amide bonds. The van der Waals surface area contributed by atoms with E-state index < -0.39 is 0 Å². The maximum Gasteiger partial charge on any atom is 0.0830 e. The third kappa shape index (κ3) is 3.89. The lowest BCUT2D eigenvalue weighted by atomic mass is 9.92. The molecule has 0 saturated heterocycles. The minimum atomic E-state index is 0.544. The van der Waals surface area contributed by atoms with Crippen LogP contribution >= 0.6 is 0 Å². The Morgan fingerprint density at radius 2 is 2.05 bits per heavy atom. The SMILES string of the molecule is CNCC(Cc1cn(C)nn1)Cc1ccccc1C. The molecule has 1 N–H and O–H groups in total. The molecule has 0 saturated carbocycles. The Balaban J connectivity index is 2.06. The Kier molecular flexibility index (Phi) is 4.68. The van der Waals surface area contributed by atoms with Gasteiger partial charge in [0, 0.05) is 13.2 Å². The number of nitrogens with zero attached hydrogens (tertiary/aromatic N) is 3. The third-order valence-corrected chi connectivity index (χ3v) is 3.41. The molecule has 0 aliphatic carbocycles. The molecule has 0 fully saturated rings. The Morgan fingerprint density at radius 3 is 2.68 bits per heavy atom. The summed E-state index contributed by atoms with van der Waals surface area (Å²) in [5.74, 6) is 0.544. The van der Waals surface area contributed by atoms with E-state index in [0.717, 1.165) is 25.1 Å². The zero-order chi connectivity index (χ0) is 13.7.